The maximum absolute atomic E-state index is 14.4. The van der Waals surface area contributed by atoms with Crippen LogP contribution in [-0.4, -0.2) is 22.6 Å². The molecule has 0 bridgehead atoms. The molecular weight excluding hydrogens is 354 g/mol. The first-order chi connectivity index (χ1) is 12.4. The minimum absolute atomic E-state index is 0.123. The van der Waals surface area contributed by atoms with Crippen molar-refractivity contribution in [1.82, 2.24) is 4.98 Å². The Bertz CT molecular complexity index is 742. The van der Waals surface area contributed by atoms with Crippen molar-refractivity contribution in [3.63, 3.8) is 0 Å². The molecule has 3 nitrogen and oxygen atoms in total. The molecule has 0 atom stereocenters. The van der Waals surface area contributed by atoms with E-state index in [4.69, 9.17) is 0 Å². The molecule has 1 N–H and O–H groups in total. The Hall–Kier alpha value is -1.95. The smallest absolute Gasteiger partial charge is 0.149 e. The summed E-state index contributed by atoms with van der Waals surface area (Å²) in [6, 6.07) is 6.25. The number of Topliss-reactive ketones (excluding diaryl/α,β-unsaturated/α-hetero) is 1. The quantitative estimate of drug-likeness (QED) is 0.449. The topological polar surface area (TPSA) is 42.0 Å². The molecule has 0 saturated carbocycles. The fourth-order valence-electron chi connectivity index (χ4n) is 2.54. The van der Waals surface area contributed by atoms with E-state index in [2.05, 4.69) is 10.3 Å². The zero-order valence-corrected chi connectivity index (χ0v) is 16.1. The van der Waals surface area contributed by atoms with Crippen LogP contribution in [0.3, 0.4) is 0 Å². The van der Waals surface area contributed by atoms with Gasteiger partial charge in [-0.2, -0.15) is 0 Å². The summed E-state index contributed by atoms with van der Waals surface area (Å²) in [4.78, 5) is 15.2. The number of ketones is 1. The number of benzene rings is 1. The summed E-state index contributed by atoms with van der Waals surface area (Å²) >= 11 is 1.56. The van der Waals surface area contributed by atoms with Crippen LogP contribution >= 0.6 is 11.8 Å². The maximum Gasteiger partial charge on any atom is 0.149 e. The van der Waals surface area contributed by atoms with Crippen LogP contribution in [0, 0.1) is 11.6 Å². The molecule has 1 heterocycles. The monoisotopic (exact) mass is 378 g/mol. The highest BCUT2D eigenvalue weighted by Gasteiger charge is 2.15. The molecule has 2 aromatic rings. The molecule has 0 unspecified atom stereocenters. The Morgan fingerprint density at radius 1 is 1.23 bits per heavy atom. The van der Waals surface area contributed by atoms with Crippen molar-refractivity contribution in [1.29, 1.82) is 0 Å². The standard InChI is InChI=1S/C20H24F2N2OS/c1-13(2)26-20-16(8-6-10-24-20)15-11-17(21)19(18(22)12-15)23-9-5-4-7-14(3)25/h6,8,10-13,23H,4-5,7,9H2,1-3H3. The summed E-state index contributed by atoms with van der Waals surface area (Å²) in [5.74, 6) is -1.13. The van der Waals surface area contributed by atoms with Gasteiger partial charge in [0.05, 0.1) is 0 Å². The second kappa shape index (κ2) is 9.67. The Morgan fingerprint density at radius 3 is 2.54 bits per heavy atom. The van der Waals surface area contributed by atoms with Crippen molar-refractivity contribution in [2.45, 2.75) is 50.3 Å². The average Bonchev–Trinajstić information content (AvgIpc) is 2.56. The summed E-state index contributed by atoms with van der Waals surface area (Å²) < 4.78 is 28.9. The molecule has 0 aliphatic carbocycles. The van der Waals surface area contributed by atoms with Gasteiger partial charge in [0.2, 0.25) is 0 Å². The summed E-state index contributed by atoms with van der Waals surface area (Å²) in [6.45, 7) is 6.05. The number of carbonyl (C=O) groups is 1. The number of hydrogen-bond donors (Lipinski definition) is 1. The third-order valence-electron chi connectivity index (χ3n) is 3.73. The molecule has 0 saturated heterocycles. The zero-order valence-electron chi connectivity index (χ0n) is 15.3. The van der Waals surface area contributed by atoms with Crippen molar-refractivity contribution in [2.24, 2.45) is 0 Å². The lowest BCUT2D eigenvalue weighted by Gasteiger charge is -2.13. The molecule has 0 aliphatic heterocycles. The lowest BCUT2D eigenvalue weighted by molar-refractivity contribution is -0.117. The van der Waals surface area contributed by atoms with E-state index in [1.54, 1.807) is 24.0 Å². The fourth-order valence-corrected chi connectivity index (χ4v) is 3.42. The van der Waals surface area contributed by atoms with Crippen LogP contribution in [0.2, 0.25) is 0 Å². The van der Waals surface area contributed by atoms with Crippen LogP contribution in [0.25, 0.3) is 11.1 Å². The highest BCUT2D eigenvalue weighted by atomic mass is 32.2. The number of anilines is 1. The van der Waals surface area contributed by atoms with Crippen LogP contribution in [0.1, 0.15) is 40.0 Å². The fraction of sp³-hybridized carbons (Fsp3) is 0.400. The number of nitrogens with zero attached hydrogens (tertiary/aromatic N) is 1. The number of unbranched alkanes of at least 4 members (excludes halogenated alkanes) is 1. The molecule has 140 valence electrons. The van der Waals surface area contributed by atoms with Crippen LogP contribution in [-0.2, 0) is 4.79 Å². The first-order valence-electron chi connectivity index (χ1n) is 8.73. The predicted octanol–water partition coefficient (Wildman–Crippen LogP) is 5.70. The number of pyridine rings is 1. The Kier molecular flexibility index (Phi) is 7.57. The van der Waals surface area contributed by atoms with Crippen molar-refractivity contribution >= 4 is 23.2 Å². The van der Waals surface area contributed by atoms with Crippen molar-refractivity contribution < 1.29 is 13.6 Å². The predicted molar refractivity (Wildman–Crippen MR) is 104 cm³/mol. The normalized spacial score (nSPS) is 11.0. The molecule has 0 spiro atoms. The zero-order chi connectivity index (χ0) is 19.1. The molecule has 0 amide bonds. The van der Waals surface area contributed by atoms with Gasteiger partial charge in [-0.15, -0.1) is 11.8 Å². The average molecular weight is 378 g/mol. The highest BCUT2D eigenvalue weighted by molar-refractivity contribution is 7.99. The van der Waals surface area contributed by atoms with Crippen molar-refractivity contribution in [3.05, 3.63) is 42.1 Å². The molecule has 0 radical (unpaired) electrons. The van der Waals surface area contributed by atoms with E-state index in [-0.39, 0.29) is 11.5 Å². The summed E-state index contributed by atoms with van der Waals surface area (Å²) in [7, 11) is 0. The number of carbonyl (C=O) groups excluding carboxylic acids is 1. The minimum atomic E-state index is -0.629. The van der Waals surface area contributed by atoms with Gasteiger partial charge in [-0.05, 0) is 43.5 Å². The molecule has 26 heavy (non-hydrogen) atoms. The van der Waals surface area contributed by atoms with Gasteiger partial charge >= 0.3 is 0 Å². The summed E-state index contributed by atoms with van der Waals surface area (Å²) in [5.41, 5.74) is 1.06. The molecule has 6 heteroatoms. The third kappa shape index (κ3) is 5.80. The molecule has 0 fully saturated rings. The van der Waals surface area contributed by atoms with Crippen molar-refractivity contribution in [3.8, 4) is 11.1 Å². The Morgan fingerprint density at radius 2 is 1.92 bits per heavy atom. The largest absolute Gasteiger partial charge is 0.380 e. The van der Waals surface area contributed by atoms with Gasteiger partial charge in [0.25, 0.3) is 0 Å². The van der Waals surface area contributed by atoms with Gasteiger partial charge in [-0.3, -0.25) is 0 Å². The van der Waals surface area contributed by atoms with E-state index in [0.717, 1.165) is 10.6 Å². The molecular formula is C20H24F2N2OS. The van der Waals surface area contributed by atoms with E-state index in [9.17, 15) is 13.6 Å². The number of halogens is 2. The van der Waals surface area contributed by atoms with E-state index < -0.39 is 11.6 Å². The minimum Gasteiger partial charge on any atom is -0.380 e. The van der Waals surface area contributed by atoms with Crippen LogP contribution in [0.5, 0.6) is 0 Å². The SMILES string of the molecule is CC(=O)CCCCNc1c(F)cc(-c2cccnc2SC(C)C)cc1F. The molecule has 1 aromatic heterocycles. The number of thioether (sulfide) groups is 1. The lowest BCUT2D eigenvalue weighted by Crippen LogP contribution is -2.06. The first kappa shape index (κ1) is 20.4. The van der Waals surface area contributed by atoms with E-state index >= 15 is 0 Å². The number of hydrogen-bond acceptors (Lipinski definition) is 4. The van der Waals surface area contributed by atoms with Crippen LogP contribution in [0.4, 0.5) is 14.5 Å². The maximum atomic E-state index is 14.4. The Labute approximate surface area is 157 Å². The molecule has 2 rings (SSSR count). The van der Waals surface area contributed by atoms with Gasteiger partial charge in [0.15, 0.2) is 0 Å². The van der Waals surface area contributed by atoms with Crippen molar-refractivity contribution in [2.75, 3.05) is 11.9 Å². The second-order valence-corrected chi connectivity index (χ2v) is 7.99. The van der Waals surface area contributed by atoms with E-state index in [1.165, 1.54) is 19.1 Å². The summed E-state index contributed by atoms with van der Waals surface area (Å²) in [5, 5.41) is 3.87. The van der Waals surface area contributed by atoms with Gasteiger partial charge in [-0.1, -0.05) is 19.9 Å². The van der Waals surface area contributed by atoms with Gasteiger partial charge in [-0.25, -0.2) is 13.8 Å². The number of rotatable bonds is 9. The van der Waals surface area contributed by atoms with Gasteiger partial charge < -0.3 is 10.1 Å². The summed E-state index contributed by atoms with van der Waals surface area (Å²) in [6.07, 6.45) is 3.55. The third-order valence-corrected chi connectivity index (χ3v) is 4.75. The number of aromatic nitrogens is 1. The van der Waals surface area contributed by atoms with E-state index in [0.29, 0.717) is 36.6 Å². The number of nitrogens with one attached hydrogen (secondary N) is 1. The highest BCUT2D eigenvalue weighted by Crippen LogP contribution is 2.34. The van der Waals surface area contributed by atoms with E-state index in [1.807, 2.05) is 19.9 Å². The van der Waals surface area contributed by atoms with Crippen LogP contribution in [0.15, 0.2) is 35.5 Å². The van der Waals surface area contributed by atoms with Gasteiger partial charge in [0.1, 0.15) is 28.1 Å². The second-order valence-electron chi connectivity index (χ2n) is 6.42. The lowest BCUT2D eigenvalue weighted by atomic mass is 10.1. The van der Waals surface area contributed by atoms with Gasteiger partial charge in [0, 0.05) is 30.0 Å². The van der Waals surface area contributed by atoms with Crippen LogP contribution < -0.4 is 5.32 Å². The Balaban J connectivity index is 2.15. The molecule has 1 aromatic carbocycles. The molecule has 0 aliphatic rings. The first-order valence-corrected chi connectivity index (χ1v) is 9.61.